The summed E-state index contributed by atoms with van der Waals surface area (Å²) < 4.78 is 36.5. The van der Waals surface area contributed by atoms with Crippen molar-refractivity contribution in [2.75, 3.05) is 22.8 Å². The van der Waals surface area contributed by atoms with E-state index in [0.717, 1.165) is 47.6 Å². The third-order valence-electron chi connectivity index (χ3n) is 9.70. The van der Waals surface area contributed by atoms with Crippen molar-refractivity contribution >= 4 is 27.7 Å². The van der Waals surface area contributed by atoms with E-state index in [9.17, 15) is 13.2 Å². The zero-order chi connectivity index (χ0) is 36.7. The number of hydrogen-bond acceptors (Lipinski definition) is 8. The van der Waals surface area contributed by atoms with Gasteiger partial charge in [0, 0.05) is 29.8 Å². The van der Waals surface area contributed by atoms with Gasteiger partial charge in [0.05, 0.1) is 28.9 Å². The van der Waals surface area contributed by atoms with Crippen LogP contribution in [0.5, 0.6) is 5.88 Å². The number of benzene rings is 2. The number of nitrogens with zero attached hydrogens (tertiary/aromatic N) is 5. The van der Waals surface area contributed by atoms with Gasteiger partial charge in [0.2, 0.25) is 11.8 Å². The van der Waals surface area contributed by atoms with E-state index < -0.39 is 16.1 Å². The number of hydrogen-bond donors (Lipinski definition) is 1. The molecule has 0 spiro atoms. The molecule has 1 N–H and O–H groups in total. The van der Waals surface area contributed by atoms with Crippen LogP contribution in [-0.2, 0) is 16.6 Å². The monoisotopic (exact) mass is 710 g/mol. The molecule has 1 amide bonds. The van der Waals surface area contributed by atoms with E-state index >= 15 is 0 Å². The van der Waals surface area contributed by atoms with Crippen molar-refractivity contribution in [1.29, 1.82) is 0 Å². The van der Waals surface area contributed by atoms with Gasteiger partial charge in [-0.3, -0.25) is 4.79 Å². The Balaban J connectivity index is 1.46. The Morgan fingerprint density at radius 3 is 2.31 bits per heavy atom. The van der Waals surface area contributed by atoms with Crippen molar-refractivity contribution in [2.24, 2.45) is 10.8 Å². The minimum atomic E-state index is -4.17. The van der Waals surface area contributed by atoms with E-state index in [1.54, 1.807) is 23.1 Å². The minimum absolute atomic E-state index is 0.0640. The third-order valence-corrected chi connectivity index (χ3v) is 11.0. The van der Waals surface area contributed by atoms with Crippen LogP contribution in [0.25, 0.3) is 11.3 Å². The maximum atomic E-state index is 14.6. The molecule has 1 saturated heterocycles. The zero-order valence-corrected chi connectivity index (χ0v) is 31.8. The molecule has 4 bridgehead atoms. The molecule has 11 heteroatoms. The average molecular weight is 711 g/mol. The second kappa shape index (κ2) is 13.9. The molecule has 4 aromatic rings. The highest BCUT2D eigenvalue weighted by atomic mass is 32.2. The van der Waals surface area contributed by atoms with Crippen LogP contribution in [0, 0.1) is 24.7 Å². The number of amides is 1. The van der Waals surface area contributed by atoms with E-state index in [-0.39, 0.29) is 52.2 Å². The number of ether oxygens (including phenoxy) is 1. The number of pyridine rings is 1. The quantitative estimate of drug-likeness (QED) is 0.223. The van der Waals surface area contributed by atoms with Gasteiger partial charge >= 0.3 is 0 Å². The molecule has 0 radical (unpaired) electrons. The highest BCUT2D eigenvalue weighted by Crippen LogP contribution is 2.36. The molecule has 10 nitrogen and oxygen atoms in total. The number of aryl methyl sites for hydroxylation is 2. The Morgan fingerprint density at radius 1 is 0.902 bits per heavy atom. The number of carbonyl (C=O) groups excluding carboxylic acids is 1. The van der Waals surface area contributed by atoms with Crippen molar-refractivity contribution in [1.82, 2.24) is 19.9 Å². The Bertz CT molecular complexity index is 2020. The molecule has 2 aliphatic rings. The highest BCUT2D eigenvalue weighted by molar-refractivity contribution is 7.92. The summed E-state index contributed by atoms with van der Waals surface area (Å²) >= 11 is 0. The van der Waals surface area contributed by atoms with E-state index in [1.165, 1.54) is 12.1 Å². The fraction of sp³-hybridized carbons (Fsp3) is 0.450. The molecule has 1 fully saturated rings. The molecular weight excluding hydrogens is 661 g/mol. The maximum Gasteiger partial charge on any atom is 0.264 e. The van der Waals surface area contributed by atoms with Gasteiger partial charge in [-0.1, -0.05) is 71.9 Å². The Labute approximate surface area is 302 Å². The van der Waals surface area contributed by atoms with Crippen LogP contribution >= 0.6 is 0 Å². The van der Waals surface area contributed by atoms with Gasteiger partial charge in [0.1, 0.15) is 12.4 Å². The van der Waals surface area contributed by atoms with Gasteiger partial charge in [-0.2, -0.15) is 4.98 Å². The molecule has 0 unspecified atom stereocenters. The molecule has 270 valence electrons. The number of anilines is 2. The lowest BCUT2D eigenvalue weighted by Gasteiger charge is -2.37. The second-order valence-electron chi connectivity index (χ2n) is 16.2. The minimum Gasteiger partial charge on any atom is -0.475 e. The average Bonchev–Trinajstić information content (AvgIpc) is 3.56. The number of rotatable bonds is 5. The summed E-state index contributed by atoms with van der Waals surface area (Å²) in [6, 6.07) is 19.8. The van der Waals surface area contributed by atoms with Crippen LogP contribution in [0.3, 0.4) is 0 Å². The Morgan fingerprint density at radius 2 is 1.61 bits per heavy atom. The van der Waals surface area contributed by atoms with Crippen LogP contribution < -0.4 is 14.4 Å². The van der Waals surface area contributed by atoms with Gasteiger partial charge in [0.25, 0.3) is 15.9 Å². The predicted octanol–water partition coefficient (Wildman–Crippen LogP) is 7.81. The van der Waals surface area contributed by atoms with Crippen LogP contribution in [0.15, 0.2) is 71.6 Å². The van der Waals surface area contributed by atoms with Crippen LogP contribution in [0.2, 0.25) is 0 Å². The Hall–Kier alpha value is -4.51. The zero-order valence-electron chi connectivity index (χ0n) is 31.0. The Kier molecular flexibility index (Phi) is 9.89. The van der Waals surface area contributed by atoms with Crippen LogP contribution in [0.1, 0.15) is 88.0 Å². The number of sulfonamides is 1. The number of carbonyl (C=O) groups is 1. The van der Waals surface area contributed by atoms with Crippen molar-refractivity contribution in [2.45, 2.75) is 98.2 Å². The van der Waals surface area contributed by atoms with E-state index in [2.05, 4.69) is 61.1 Å². The summed E-state index contributed by atoms with van der Waals surface area (Å²) in [5, 5.41) is 0. The molecule has 4 heterocycles. The summed E-state index contributed by atoms with van der Waals surface area (Å²) in [6.07, 6.45) is 2.82. The first-order chi connectivity index (χ1) is 24.0. The lowest BCUT2D eigenvalue weighted by molar-refractivity contribution is 0.0509. The molecule has 0 aliphatic carbocycles. The van der Waals surface area contributed by atoms with Crippen molar-refractivity contribution in [3.05, 3.63) is 89.1 Å². The molecule has 6 rings (SSSR count). The second-order valence-corrected chi connectivity index (χ2v) is 17.9. The molecule has 2 aromatic carbocycles. The topological polar surface area (TPSA) is 118 Å². The van der Waals surface area contributed by atoms with E-state index in [0.29, 0.717) is 18.2 Å². The first-order valence-electron chi connectivity index (χ1n) is 17.7. The largest absolute Gasteiger partial charge is 0.475 e. The number of fused-ring (bicyclic) bond motifs is 4. The lowest BCUT2D eigenvalue weighted by atomic mass is 9.85. The van der Waals surface area contributed by atoms with Gasteiger partial charge in [0.15, 0.2) is 0 Å². The molecule has 2 aliphatic heterocycles. The normalized spacial score (nSPS) is 19.4. The number of aromatic nitrogens is 3. The SMILES string of the molecule is Cc1cccc(C)c1-c1cc2nc(n1)NS(=O)(=O)c1cccc(c1)C(=O)N(Cc1cccc(N3CCC[C@H]3C(C)(C)C)n1)[C@H](CC(C)(C)C)CO2. The van der Waals surface area contributed by atoms with Crippen LogP contribution in [0.4, 0.5) is 11.8 Å². The third kappa shape index (κ3) is 8.19. The number of nitrogens with one attached hydrogen (secondary N) is 1. The van der Waals surface area contributed by atoms with Crippen molar-refractivity contribution in [3.8, 4) is 17.1 Å². The molecule has 0 saturated carbocycles. The van der Waals surface area contributed by atoms with Gasteiger partial charge < -0.3 is 14.5 Å². The molecular formula is C40H50N6O4S. The fourth-order valence-electron chi connectivity index (χ4n) is 7.38. The van der Waals surface area contributed by atoms with Crippen molar-refractivity contribution < 1.29 is 17.9 Å². The maximum absolute atomic E-state index is 14.6. The van der Waals surface area contributed by atoms with E-state index in [4.69, 9.17) is 9.72 Å². The summed E-state index contributed by atoms with van der Waals surface area (Å²) in [5.41, 5.74) is 4.29. The van der Waals surface area contributed by atoms with Gasteiger partial charge in [-0.15, -0.1) is 0 Å². The van der Waals surface area contributed by atoms with Crippen molar-refractivity contribution in [3.63, 3.8) is 0 Å². The smallest absolute Gasteiger partial charge is 0.264 e. The van der Waals surface area contributed by atoms with Gasteiger partial charge in [-0.25, -0.2) is 23.1 Å². The summed E-state index contributed by atoms with van der Waals surface area (Å²) in [7, 11) is -4.17. The standard InChI is InChI=1S/C40H50N6O4S/c1-26-13-9-14-27(2)36(26)32-22-35-43-38(42-32)44-51(48,49)31-17-10-15-28(21-31)37(47)46(30(25-50-35)23-39(3,4)5)24-29-16-11-19-34(41-29)45-20-12-18-33(45)40(6,7)8/h9-11,13-17,19,21-22,30,33H,12,18,20,23-25H2,1-8H3,(H,42,43,44)/t30-,33+/m1/s1. The highest BCUT2D eigenvalue weighted by Gasteiger charge is 2.36. The fourth-order valence-corrected chi connectivity index (χ4v) is 8.37. The first-order valence-corrected chi connectivity index (χ1v) is 19.2. The first kappa shape index (κ1) is 36.3. The lowest BCUT2D eigenvalue weighted by Crippen LogP contribution is -2.45. The predicted molar refractivity (Wildman–Crippen MR) is 201 cm³/mol. The van der Waals surface area contributed by atoms with E-state index in [1.807, 2.05) is 50.2 Å². The summed E-state index contributed by atoms with van der Waals surface area (Å²) in [4.78, 5) is 33.0. The molecule has 2 atom stereocenters. The summed E-state index contributed by atoms with van der Waals surface area (Å²) in [5.74, 6) is 0.694. The van der Waals surface area contributed by atoms with Crippen LogP contribution in [-0.4, -0.2) is 59.4 Å². The van der Waals surface area contributed by atoms with Gasteiger partial charge in [-0.05, 0) is 85.4 Å². The summed E-state index contributed by atoms with van der Waals surface area (Å²) in [6.45, 7) is 18.4. The molecule has 2 aromatic heterocycles. The molecule has 51 heavy (non-hydrogen) atoms.